The number of aliphatic carboxylic acids is 1. The summed E-state index contributed by atoms with van der Waals surface area (Å²) >= 11 is 6.56. The molecule has 2 aliphatic rings. The highest BCUT2D eigenvalue weighted by atomic mass is 32.1. The van der Waals surface area contributed by atoms with E-state index in [4.69, 9.17) is 12.2 Å². The average Bonchev–Trinajstić information content (AvgIpc) is 3.18. The molecule has 1 fully saturated rings. The highest BCUT2D eigenvalue weighted by Crippen LogP contribution is 2.48. The normalized spacial score (nSPS) is 28.3. The van der Waals surface area contributed by atoms with Crippen molar-refractivity contribution in [2.24, 2.45) is 23.7 Å². The topological polar surface area (TPSA) is 82.2 Å². The van der Waals surface area contributed by atoms with Crippen LogP contribution < -0.4 is 5.32 Å². The number of hydrogen-bond donors (Lipinski definition) is 3. The number of thiazole rings is 1. The number of carbonyl (C=O) groups is 2. The lowest BCUT2D eigenvalue weighted by Crippen LogP contribution is -2.36. The zero-order chi connectivity index (χ0) is 16.1. The van der Waals surface area contributed by atoms with Crippen LogP contribution in [-0.4, -0.2) is 22.0 Å². The fourth-order valence-electron chi connectivity index (χ4n) is 3.77. The lowest BCUT2D eigenvalue weighted by molar-refractivity contribution is -0.146. The van der Waals surface area contributed by atoms with Gasteiger partial charge in [-0.2, -0.15) is 0 Å². The predicted molar refractivity (Wildman–Crippen MR) is 91.0 cm³/mol. The minimum absolute atomic E-state index is 0.0228. The molecule has 23 heavy (non-hydrogen) atoms. The van der Waals surface area contributed by atoms with Gasteiger partial charge in [0.15, 0.2) is 3.95 Å². The van der Waals surface area contributed by atoms with E-state index in [1.54, 1.807) is 6.07 Å². The minimum atomic E-state index is -0.888. The Morgan fingerprint density at radius 3 is 2.74 bits per heavy atom. The van der Waals surface area contributed by atoms with Gasteiger partial charge in [-0.25, -0.2) is 0 Å². The molecule has 0 aliphatic heterocycles. The molecular weight excluding hydrogens is 332 g/mol. The number of rotatable bonds is 3. The van der Waals surface area contributed by atoms with E-state index in [1.807, 2.05) is 24.3 Å². The summed E-state index contributed by atoms with van der Waals surface area (Å²) in [5, 5.41) is 12.3. The first kappa shape index (κ1) is 14.6. The van der Waals surface area contributed by atoms with Crippen LogP contribution in [0.2, 0.25) is 0 Å². The Bertz CT molecular complexity index is 898. The van der Waals surface area contributed by atoms with Crippen LogP contribution >= 0.6 is 23.6 Å². The number of hydrogen-bond acceptors (Lipinski definition) is 4. The van der Waals surface area contributed by atoms with Gasteiger partial charge in [0.2, 0.25) is 5.91 Å². The van der Waals surface area contributed by atoms with Gasteiger partial charge in [0.1, 0.15) is 0 Å². The number of carbonyl (C=O) groups excluding carboxylic acids is 1. The minimum Gasteiger partial charge on any atom is -0.481 e. The van der Waals surface area contributed by atoms with E-state index in [0.29, 0.717) is 9.64 Å². The standard InChI is InChI=1S/C16H14N2O3S2/c19-14(12-7-1-2-8(5-7)13(12)15(20)21)17-9-3-4-10-11(6-9)23-16(22)18-10/h1-4,6-8,12-13H,5H2,(H,17,19)(H,18,22)(H,20,21). The zero-order valence-corrected chi connectivity index (χ0v) is 13.6. The second-order valence-electron chi connectivity index (χ2n) is 6.05. The van der Waals surface area contributed by atoms with Crippen molar-refractivity contribution in [2.75, 3.05) is 5.32 Å². The van der Waals surface area contributed by atoms with Gasteiger partial charge in [0, 0.05) is 5.69 Å². The monoisotopic (exact) mass is 346 g/mol. The van der Waals surface area contributed by atoms with Crippen LogP contribution in [0.4, 0.5) is 5.69 Å². The summed E-state index contributed by atoms with van der Waals surface area (Å²) in [7, 11) is 0. The fourth-order valence-corrected chi connectivity index (χ4v) is 4.92. The molecule has 1 aromatic heterocycles. The molecule has 3 N–H and O–H groups in total. The summed E-state index contributed by atoms with van der Waals surface area (Å²) in [6.45, 7) is 0. The summed E-state index contributed by atoms with van der Waals surface area (Å²) in [6.07, 6.45) is 4.68. The summed E-state index contributed by atoms with van der Waals surface area (Å²) in [4.78, 5) is 27.2. The smallest absolute Gasteiger partial charge is 0.307 e. The van der Waals surface area contributed by atoms with Gasteiger partial charge in [-0.1, -0.05) is 12.2 Å². The molecule has 2 bridgehead atoms. The second kappa shape index (κ2) is 5.28. The molecular formula is C16H14N2O3S2. The van der Waals surface area contributed by atoms with Crippen LogP contribution in [-0.2, 0) is 9.59 Å². The van der Waals surface area contributed by atoms with Gasteiger partial charge in [0.25, 0.3) is 0 Å². The lowest BCUT2D eigenvalue weighted by atomic mass is 9.82. The lowest BCUT2D eigenvalue weighted by Gasteiger charge is -2.23. The van der Waals surface area contributed by atoms with Gasteiger partial charge < -0.3 is 15.4 Å². The first-order chi connectivity index (χ1) is 11.0. The fraction of sp³-hybridized carbons (Fsp3) is 0.312. The van der Waals surface area contributed by atoms with E-state index < -0.39 is 17.8 Å². The third-order valence-electron chi connectivity index (χ3n) is 4.74. The van der Waals surface area contributed by atoms with Crippen molar-refractivity contribution in [3.05, 3.63) is 34.3 Å². The van der Waals surface area contributed by atoms with Gasteiger partial charge in [-0.05, 0) is 48.7 Å². The molecule has 5 nitrogen and oxygen atoms in total. The zero-order valence-electron chi connectivity index (χ0n) is 12.0. The maximum absolute atomic E-state index is 12.6. The third kappa shape index (κ3) is 2.40. The first-order valence-electron chi connectivity index (χ1n) is 7.38. The number of carboxylic acids is 1. The molecule has 0 spiro atoms. The molecule has 2 aliphatic carbocycles. The van der Waals surface area contributed by atoms with E-state index >= 15 is 0 Å². The first-order valence-corrected chi connectivity index (χ1v) is 8.60. The number of aromatic nitrogens is 1. The largest absolute Gasteiger partial charge is 0.481 e. The van der Waals surface area contributed by atoms with Gasteiger partial charge >= 0.3 is 5.97 Å². The van der Waals surface area contributed by atoms with Crippen molar-refractivity contribution in [2.45, 2.75) is 6.42 Å². The summed E-state index contributed by atoms with van der Waals surface area (Å²) in [6, 6.07) is 5.53. The van der Waals surface area contributed by atoms with Gasteiger partial charge in [-0.15, -0.1) is 11.3 Å². The number of fused-ring (bicyclic) bond motifs is 3. The van der Waals surface area contributed by atoms with Crippen molar-refractivity contribution >= 4 is 51.3 Å². The van der Waals surface area contributed by atoms with E-state index in [9.17, 15) is 14.7 Å². The van der Waals surface area contributed by atoms with Crippen molar-refractivity contribution in [1.29, 1.82) is 0 Å². The number of anilines is 1. The number of carboxylic acid groups (broad SMARTS) is 1. The maximum atomic E-state index is 12.6. The SMILES string of the molecule is O=C(O)C1C2C=CC(C2)C1C(=O)Nc1ccc2[nH]c(=S)sc2c1. The molecule has 1 saturated carbocycles. The van der Waals surface area contributed by atoms with Gasteiger partial charge in [0.05, 0.1) is 22.1 Å². The third-order valence-corrected chi connectivity index (χ3v) is 5.93. The maximum Gasteiger partial charge on any atom is 0.307 e. The summed E-state index contributed by atoms with van der Waals surface area (Å²) in [5.41, 5.74) is 1.60. The average molecular weight is 346 g/mol. The Morgan fingerprint density at radius 1 is 1.26 bits per heavy atom. The molecule has 7 heteroatoms. The molecule has 0 radical (unpaired) electrons. The summed E-state index contributed by atoms with van der Waals surface area (Å²) in [5.74, 6) is -2.22. The van der Waals surface area contributed by atoms with Crippen LogP contribution in [0.5, 0.6) is 0 Å². The highest BCUT2D eigenvalue weighted by molar-refractivity contribution is 7.73. The van der Waals surface area contributed by atoms with Crippen LogP contribution in [0.1, 0.15) is 6.42 Å². The number of aromatic amines is 1. The number of H-pyrrole nitrogens is 1. The number of benzene rings is 1. The quantitative estimate of drug-likeness (QED) is 0.587. The summed E-state index contributed by atoms with van der Waals surface area (Å²) < 4.78 is 1.66. The van der Waals surface area contributed by atoms with Gasteiger partial charge in [-0.3, -0.25) is 9.59 Å². The second-order valence-corrected chi connectivity index (χ2v) is 7.77. The Balaban J connectivity index is 1.60. The van der Waals surface area contributed by atoms with Crippen LogP contribution in [0, 0.1) is 27.6 Å². The molecule has 0 saturated heterocycles. The van der Waals surface area contributed by atoms with Crippen molar-refractivity contribution in [3.63, 3.8) is 0 Å². The highest BCUT2D eigenvalue weighted by Gasteiger charge is 2.51. The number of allylic oxidation sites excluding steroid dienone is 2. The Morgan fingerprint density at radius 2 is 2.00 bits per heavy atom. The van der Waals surface area contributed by atoms with E-state index in [-0.39, 0.29) is 17.7 Å². The molecule has 1 aromatic carbocycles. The Labute approximate surface area is 141 Å². The molecule has 1 amide bonds. The van der Waals surface area contributed by atoms with Crippen molar-refractivity contribution in [3.8, 4) is 0 Å². The van der Waals surface area contributed by atoms with Crippen LogP contribution in [0.3, 0.4) is 0 Å². The molecule has 118 valence electrons. The predicted octanol–water partition coefficient (Wildman–Crippen LogP) is 3.42. The van der Waals surface area contributed by atoms with Crippen LogP contribution in [0.15, 0.2) is 30.4 Å². The Kier molecular flexibility index (Phi) is 3.35. The number of amides is 1. The Hall–Kier alpha value is -1.99. The van der Waals surface area contributed by atoms with E-state index in [0.717, 1.165) is 16.6 Å². The molecule has 1 heterocycles. The number of nitrogens with one attached hydrogen (secondary N) is 2. The van der Waals surface area contributed by atoms with E-state index in [2.05, 4.69) is 10.3 Å². The van der Waals surface area contributed by atoms with Crippen LogP contribution in [0.25, 0.3) is 10.2 Å². The van der Waals surface area contributed by atoms with Crippen molar-refractivity contribution < 1.29 is 14.7 Å². The molecule has 4 rings (SSSR count). The van der Waals surface area contributed by atoms with Crippen molar-refractivity contribution in [1.82, 2.24) is 4.98 Å². The molecule has 4 unspecified atom stereocenters. The van der Waals surface area contributed by atoms with E-state index in [1.165, 1.54) is 11.3 Å². The molecule has 4 atom stereocenters. The molecule has 2 aromatic rings.